The molecule has 0 aromatic heterocycles. The maximum Gasteiger partial charge on any atom is 0.0406 e. The van der Waals surface area contributed by atoms with Crippen molar-refractivity contribution in [1.82, 2.24) is 10.2 Å². The summed E-state index contributed by atoms with van der Waals surface area (Å²) in [6.07, 6.45) is 1.09. The topological polar surface area (TPSA) is 15.3 Å². The predicted octanol–water partition coefficient (Wildman–Crippen LogP) is 2.94. The Morgan fingerprint density at radius 3 is 2.38 bits per heavy atom. The molecule has 16 heavy (non-hydrogen) atoms. The van der Waals surface area contributed by atoms with E-state index in [-0.39, 0.29) is 0 Å². The second-order valence-electron chi connectivity index (χ2n) is 4.27. The second-order valence-corrected chi connectivity index (χ2v) is 4.71. The number of nitrogens with zero attached hydrogens (tertiary/aromatic N) is 1. The molecular formula is C13H21ClN2. The molecule has 1 unspecified atom stereocenters. The van der Waals surface area contributed by atoms with Crippen molar-refractivity contribution in [1.29, 1.82) is 0 Å². The molecule has 0 spiro atoms. The van der Waals surface area contributed by atoms with Crippen LogP contribution in [0.15, 0.2) is 24.3 Å². The third-order valence-electron chi connectivity index (χ3n) is 2.63. The number of hydrogen-bond acceptors (Lipinski definition) is 2. The fourth-order valence-electron chi connectivity index (χ4n) is 1.66. The Morgan fingerprint density at radius 2 is 1.88 bits per heavy atom. The van der Waals surface area contributed by atoms with Crippen LogP contribution in [0.2, 0.25) is 5.02 Å². The normalized spacial score (nSPS) is 13.1. The van der Waals surface area contributed by atoms with Crippen molar-refractivity contribution in [2.24, 2.45) is 0 Å². The molecule has 0 aliphatic carbocycles. The van der Waals surface area contributed by atoms with Gasteiger partial charge in [-0.15, -0.1) is 0 Å². The monoisotopic (exact) mass is 240 g/mol. The first-order chi connectivity index (χ1) is 7.63. The zero-order valence-corrected chi connectivity index (χ0v) is 11.1. The highest BCUT2D eigenvalue weighted by Crippen LogP contribution is 2.18. The standard InChI is InChI=1S/C13H21ClN2/c1-4-13(15-9-10-16(2)3)11-5-7-12(14)8-6-11/h5-8,13,15H,4,9-10H2,1-3H3. The van der Waals surface area contributed by atoms with Gasteiger partial charge in [0.25, 0.3) is 0 Å². The Kier molecular flexibility index (Phi) is 5.81. The van der Waals surface area contributed by atoms with Crippen LogP contribution in [0.25, 0.3) is 0 Å². The summed E-state index contributed by atoms with van der Waals surface area (Å²) in [6.45, 7) is 4.26. The van der Waals surface area contributed by atoms with Gasteiger partial charge in [-0.25, -0.2) is 0 Å². The van der Waals surface area contributed by atoms with Crippen LogP contribution in [-0.4, -0.2) is 32.1 Å². The van der Waals surface area contributed by atoms with Crippen molar-refractivity contribution in [2.75, 3.05) is 27.2 Å². The molecule has 0 saturated carbocycles. The lowest BCUT2D eigenvalue weighted by molar-refractivity contribution is 0.382. The smallest absolute Gasteiger partial charge is 0.0406 e. The molecule has 1 aromatic rings. The van der Waals surface area contributed by atoms with E-state index in [1.165, 1.54) is 5.56 Å². The summed E-state index contributed by atoms with van der Waals surface area (Å²) in [6, 6.07) is 8.52. The Morgan fingerprint density at radius 1 is 1.25 bits per heavy atom. The largest absolute Gasteiger partial charge is 0.309 e. The summed E-state index contributed by atoms with van der Waals surface area (Å²) in [5, 5.41) is 4.35. The molecule has 0 saturated heterocycles. The van der Waals surface area contributed by atoms with Crippen LogP contribution in [0.1, 0.15) is 24.9 Å². The average Bonchev–Trinajstić information content (AvgIpc) is 2.26. The SMILES string of the molecule is CCC(NCCN(C)C)c1ccc(Cl)cc1. The molecule has 1 N–H and O–H groups in total. The van der Waals surface area contributed by atoms with Crippen LogP contribution < -0.4 is 5.32 Å². The van der Waals surface area contributed by atoms with E-state index in [4.69, 9.17) is 11.6 Å². The minimum absolute atomic E-state index is 0.428. The molecule has 0 heterocycles. The van der Waals surface area contributed by atoms with Gasteiger partial charge in [0, 0.05) is 24.2 Å². The van der Waals surface area contributed by atoms with Crippen LogP contribution in [0.5, 0.6) is 0 Å². The third-order valence-corrected chi connectivity index (χ3v) is 2.88. The van der Waals surface area contributed by atoms with Gasteiger partial charge in [-0.2, -0.15) is 0 Å². The molecule has 0 bridgehead atoms. The number of nitrogens with one attached hydrogen (secondary N) is 1. The van der Waals surface area contributed by atoms with Gasteiger partial charge in [0.2, 0.25) is 0 Å². The summed E-state index contributed by atoms with van der Waals surface area (Å²) in [5.74, 6) is 0. The highest BCUT2D eigenvalue weighted by molar-refractivity contribution is 6.30. The van der Waals surface area contributed by atoms with Crippen LogP contribution in [0, 0.1) is 0 Å². The van der Waals surface area contributed by atoms with Crippen LogP contribution in [-0.2, 0) is 0 Å². The van der Waals surface area contributed by atoms with E-state index in [1.54, 1.807) is 0 Å². The van der Waals surface area contributed by atoms with Gasteiger partial charge in [-0.05, 0) is 38.2 Å². The lowest BCUT2D eigenvalue weighted by Gasteiger charge is -2.19. The number of rotatable bonds is 6. The van der Waals surface area contributed by atoms with Gasteiger partial charge in [0.1, 0.15) is 0 Å². The van der Waals surface area contributed by atoms with Crippen LogP contribution in [0.3, 0.4) is 0 Å². The van der Waals surface area contributed by atoms with Gasteiger partial charge >= 0.3 is 0 Å². The molecule has 90 valence electrons. The molecule has 0 amide bonds. The predicted molar refractivity (Wildman–Crippen MR) is 71.0 cm³/mol. The zero-order valence-electron chi connectivity index (χ0n) is 10.3. The number of likely N-dealkylation sites (N-methyl/N-ethyl adjacent to an activating group) is 1. The first-order valence-corrected chi connectivity index (χ1v) is 6.15. The van der Waals surface area contributed by atoms with Crippen molar-refractivity contribution < 1.29 is 0 Å². The fraction of sp³-hybridized carbons (Fsp3) is 0.538. The maximum absolute atomic E-state index is 5.88. The number of hydrogen-bond donors (Lipinski definition) is 1. The first kappa shape index (κ1) is 13.5. The Bertz CT molecular complexity index is 295. The quantitative estimate of drug-likeness (QED) is 0.823. The third kappa shape index (κ3) is 4.52. The van der Waals surface area contributed by atoms with Crippen molar-refractivity contribution in [3.63, 3.8) is 0 Å². The summed E-state index contributed by atoms with van der Waals surface area (Å²) < 4.78 is 0. The fourth-order valence-corrected chi connectivity index (χ4v) is 1.78. The van der Waals surface area contributed by atoms with E-state index in [0.29, 0.717) is 6.04 Å². The van der Waals surface area contributed by atoms with Gasteiger partial charge in [0.05, 0.1) is 0 Å². The molecule has 0 radical (unpaired) electrons. The van der Waals surface area contributed by atoms with Crippen LogP contribution in [0.4, 0.5) is 0 Å². The summed E-state index contributed by atoms with van der Waals surface area (Å²) in [7, 11) is 4.18. The van der Waals surface area contributed by atoms with Crippen molar-refractivity contribution >= 4 is 11.6 Å². The molecule has 0 fully saturated rings. The molecule has 0 aliphatic heterocycles. The summed E-state index contributed by atoms with van der Waals surface area (Å²) >= 11 is 5.88. The lowest BCUT2D eigenvalue weighted by Crippen LogP contribution is -2.29. The minimum atomic E-state index is 0.428. The van der Waals surface area contributed by atoms with Gasteiger partial charge in [0.15, 0.2) is 0 Å². The van der Waals surface area contributed by atoms with E-state index in [0.717, 1.165) is 24.5 Å². The Balaban J connectivity index is 2.50. The average molecular weight is 241 g/mol. The lowest BCUT2D eigenvalue weighted by atomic mass is 10.0. The number of halogens is 1. The van der Waals surface area contributed by atoms with Crippen molar-refractivity contribution in [3.8, 4) is 0 Å². The minimum Gasteiger partial charge on any atom is -0.309 e. The van der Waals surface area contributed by atoms with E-state index >= 15 is 0 Å². The molecule has 3 heteroatoms. The Labute approximate surface area is 104 Å². The van der Waals surface area contributed by atoms with Gasteiger partial charge < -0.3 is 10.2 Å². The van der Waals surface area contributed by atoms with Crippen LogP contribution >= 0.6 is 11.6 Å². The zero-order chi connectivity index (χ0) is 12.0. The molecule has 1 rings (SSSR count). The molecule has 0 aliphatic rings. The van der Waals surface area contributed by atoms with Crippen molar-refractivity contribution in [3.05, 3.63) is 34.9 Å². The molecule has 1 aromatic carbocycles. The highest BCUT2D eigenvalue weighted by atomic mass is 35.5. The summed E-state index contributed by atoms with van der Waals surface area (Å²) in [4.78, 5) is 2.18. The maximum atomic E-state index is 5.88. The molecule has 2 nitrogen and oxygen atoms in total. The van der Waals surface area contributed by atoms with E-state index in [1.807, 2.05) is 12.1 Å². The van der Waals surface area contributed by atoms with Crippen molar-refractivity contribution in [2.45, 2.75) is 19.4 Å². The van der Waals surface area contributed by atoms with Gasteiger partial charge in [-0.1, -0.05) is 30.7 Å². The van der Waals surface area contributed by atoms with E-state index in [2.05, 4.69) is 43.4 Å². The molecule has 1 atom stereocenters. The van der Waals surface area contributed by atoms with E-state index in [9.17, 15) is 0 Å². The molecular weight excluding hydrogens is 220 g/mol. The second kappa shape index (κ2) is 6.89. The summed E-state index contributed by atoms with van der Waals surface area (Å²) in [5.41, 5.74) is 1.31. The highest BCUT2D eigenvalue weighted by Gasteiger charge is 2.07. The van der Waals surface area contributed by atoms with Gasteiger partial charge in [-0.3, -0.25) is 0 Å². The Hall–Kier alpha value is -0.570. The van der Waals surface area contributed by atoms with E-state index < -0.39 is 0 Å². The number of benzene rings is 1. The first-order valence-electron chi connectivity index (χ1n) is 5.77.